The van der Waals surface area contributed by atoms with Crippen molar-refractivity contribution < 1.29 is 17.6 Å². The van der Waals surface area contributed by atoms with E-state index in [1.54, 1.807) is 29.6 Å². The van der Waals surface area contributed by atoms with Gasteiger partial charge in [-0.25, -0.2) is 12.8 Å². The van der Waals surface area contributed by atoms with Crippen LogP contribution in [-0.2, 0) is 14.8 Å². The summed E-state index contributed by atoms with van der Waals surface area (Å²) in [6.07, 6.45) is 2.28. The molecule has 1 aliphatic heterocycles. The van der Waals surface area contributed by atoms with Gasteiger partial charge in [0.1, 0.15) is 10.0 Å². The molecule has 2 aromatic rings. The van der Waals surface area contributed by atoms with Crippen LogP contribution in [0.3, 0.4) is 0 Å². The molecule has 0 radical (unpaired) electrons. The monoisotopic (exact) mass is 382 g/mol. The summed E-state index contributed by atoms with van der Waals surface area (Å²) in [5.41, 5.74) is 0.107. The summed E-state index contributed by atoms with van der Waals surface area (Å²) in [6.45, 7) is 0.401. The molecular weight excluding hydrogens is 363 g/mol. The lowest BCUT2D eigenvalue weighted by molar-refractivity contribution is -0.117. The van der Waals surface area contributed by atoms with Gasteiger partial charge in [0.05, 0.1) is 5.69 Å². The van der Waals surface area contributed by atoms with Gasteiger partial charge >= 0.3 is 0 Å². The number of carbonyl (C=O) groups excluding carboxylic acids is 1. The summed E-state index contributed by atoms with van der Waals surface area (Å²) in [5, 5.41) is 4.25. The molecule has 1 aliphatic rings. The zero-order valence-electron chi connectivity index (χ0n) is 13.5. The maximum Gasteiger partial charge on any atom is 0.252 e. The van der Waals surface area contributed by atoms with Gasteiger partial charge in [-0.15, -0.1) is 11.3 Å². The Hall–Kier alpha value is -1.77. The van der Waals surface area contributed by atoms with Crippen molar-refractivity contribution in [3.05, 3.63) is 47.6 Å². The predicted octanol–water partition coefficient (Wildman–Crippen LogP) is 3.46. The highest BCUT2D eigenvalue weighted by Gasteiger charge is 2.35. The summed E-state index contributed by atoms with van der Waals surface area (Å²) in [5.74, 6) is -0.897. The van der Waals surface area contributed by atoms with Gasteiger partial charge in [0.15, 0.2) is 0 Å². The van der Waals surface area contributed by atoms with Gasteiger partial charge in [0.2, 0.25) is 5.91 Å². The highest BCUT2D eigenvalue weighted by molar-refractivity contribution is 7.91. The van der Waals surface area contributed by atoms with Crippen LogP contribution in [0.1, 0.15) is 25.7 Å². The molecule has 1 aromatic heterocycles. The fraction of sp³-hybridized carbons (Fsp3) is 0.353. The number of benzene rings is 1. The van der Waals surface area contributed by atoms with Crippen molar-refractivity contribution in [3.63, 3.8) is 0 Å². The highest BCUT2D eigenvalue weighted by Crippen LogP contribution is 2.29. The number of hydrogen-bond acceptors (Lipinski definition) is 4. The van der Waals surface area contributed by atoms with E-state index < -0.39 is 21.9 Å². The first-order chi connectivity index (χ1) is 12.0. The molecule has 0 spiro atoms. The molecule has 0 bridgehead atoms. The number of hydrogen-bond donors (Lipinski definition) is 1. The van der Waals surface area contributed by atoms with Crippen LogP contribution in [0, 0.1) is 5.82 Å². The van der Waals surface area contributed by atoms with E-state index in [0.717, 1.165) is 12.8 Å². The normalized spacial score (nSPS) is 18.8. The van der Waals surface area contributed by atoms with E-state index in [1.807, 2.05) is 0 Å². The molecule has 1 fully saturated rings. The number of anilines is 1. The number of halogens is 1. The Morgan fingerprint density at radius 3 is 2.76 bits per heavy atom. The molecule has 25 heavy (non-hydrogen) atoms. The maximum atomic E-state index is 13.7. The quantitative estimate of drug-likeness (QED) is 0.861. The number of para-hydroxylation sites is 1. The van der Waals surface area contributed by atoms with Crippen molar-refractivity contribution in [1.82, 2.24) is 4.31 Å². The van der Waals surface area contributed by atoms with E-state index in [2.05, 4.69) is 5.32 Å². The SMILES string of the molecule is O=C(C[C@H]1CCCCN1S(=O)(=O)c1cccs1)Nc1ccccc1F. The average molecular weight is 382 g/mol. The molecule has 134 valence electrons. The van der Waals surface area contributed by atoms with Gasteiger partial charge in [-0.05, 0) is 36.4 Å². The lowest BCUT2D eigenvalue weighted by Crippen LogP contribution is -2.45. The number of rotatable bonds is 5. The van der Waals surface area contributed by atoms with Crippen molar-refractivity contribution in [3.8, 4) is 0 Å². The number of sulfonamides is 1. The van der Waals surface area contributed by atoms with Crippen LogP contribution < -0.4 is 5.32 Å². The minimum atomic E-state index is -3.60. The Bertz CT molecular complexity index is 837. The van der Waals surface area contributed by atoms with Crippen LogP contribution in [0.4, 0.5) is 10.1 Å². The molecule has 0 saturated carbocycles. The smallest absolute Gasteiger partial charge is 0.252 e. The Morgan fingerprint density at radius 2 is 2.04 bits per heavy atom. The number of amides is 1. The number of nitrogens with zero attached hydrogens (tertiary/aromatic N) is 1. The second-order valence-electron chi connectivity index (χ2n) is 5.93. The van der Waals surface area contributed by atoms with E-state index in [1.165, 1.54) is 27.8 Å². The first-order valence-electron chi connectivity index (χ1n) is 8.08. The van der Waals surface area contributed by atoms with Gasteiger partial charge in [-0.2, -0.15) is 4.31 Å². The van der Waals surface area contributed by atoms with E-state index in [-0.39, 0.29) is 22.2 Å². The fourth-order valence-corrected chi connectivity index (χ4v) is 5.81. The lowest BCUT2D eigenvalue weighted by Gasteiger charge is -2.34. The molecule has 2 heterocycles. The maximum absolute atomic E-state index is 13.7. The van der Waals surface area contributed by atoms with E-state index in [4.69, 9.17) is 0 Å². The highest BCUT2D eigenvalue weighted by atomic mass is 32.2. The Kier molecular flexibility index (Phi) is 5.51. The first kappa shape index (κ1) is 18.0. The van der Waals surface area contributed by atoms with Crippen LogP contribution >= 0.6 is 11.3 Å². The zero-order valence-corrected chi connectivity index (χ0v) is 15.2. The zero-order chi connectivity index (χ0) is 17.9. The van der Waals surface area contributed by atoms with E-state index >= 15 is 0 Å². The second kappa shape index (κ2) is 7.63. The molecule has 1 saturated heterocycles. The number of piperidine rings is 1. The van der Waals surface area contributed by atoms with Crippen LogP contribution in [0.25, 0.3) is 0 Å². The Labute approximate surface area is 150 Å². The van der Waals surface area contributed by atoms with Gasteiger partial charge < -0.3 is 5.32 Å². The summed E-state index contributed by atoms with van der Waals surface area (Å²) in [4.78, 5) is 12.3. The second-order valence-corrected chi connectivity index (χ2v) is 8.99. The molecule has 1 amide bonds. The van der Waals surface area contributed by atoms with Gasteiger partial charge in [0.25, 0.3) is 10.0 Å². The van der Waals surface area contributed by atoms with Crippen molar-refractivity contribution >= 4 is 33.0 Å². The molecule has 0 aliphatic carbocycles. The third-order valence-electron chi connectivity index (χ3n) is 4.20. The minimum Gasteiger partial charge on any atom is -0.324 e. The van der Waals surface area contributed by atoms with Crippen molar-refractivity contribution in [2.24, 2.45) is 0 Å². The lowest BCUT2D eigenvalue weighted by atomic mass is 10.0. The largest absolute Gasteiger partial charge is 0.324 e. The number of carbonyl (C=O) groups is 1. The predicted molar refractivity (Wildman–Crippen MR) is 95.5 cm³/mol. The fourth-order valence-electron chi connectivity index (χ4n) is 3.00. The van der Waals surface area contributed by atoms with Crippen molar-refractivity contribution in [1.29, 1.82) is 0 Å². The van der Waals surface area contributed by atoms with Crippen molar-refractivity contribution in [2.45, 2.75) is 35.9 Å². The van der Waals surface area contributed by atoms with E-state index in [9.17, 15) is 17.6 Å². The Balaban J connectivity index is 1.73. The third kappa shape index (κ3) is 4.08. The van der Waals surface area contributed by atoms with Crippen LogP contribution in [0.5, 0.6) is 0 Å². The summed E-state index contributed by atoms with van der Waals surface area (Å²) < 4.78 is 41.0. The number of thiophene rings is 1. The van der Waals surface area contributed by atoms with Crippen LogP contribution in [0.2, 0.25) is 0 Å². The topological polar surface area (TPSA) is 66.5 Å². The summed E-state index contributed by atoms with van der Waals surface area (Å²) >= 11 is 1.17. The van der Waals surface area contributed by atoms with E-state index in [0.29, 0.717) is 13.0 Å². The van der Waals surface area contributed by atoms with Gasteiger partial charge in [-0.1, -0.05) is 24.6 Å². The molecule has 3 rings (SSSR count). The average Bonchev–Trinajstić information content (AvgIpc) is 3.13. The van der Waals surface area contributed by atoms with Gasteiger partial charge in [-0.3, -0.25) is 4.79 Å². The molecule has 5 nitrogen and oxygen atoms in total. The summed E-state index contributed by atoms with van der Waals surface area (Å²) in [7, 11) is -3.60. The molecule has 1 N–H and O–H groups in total. The van der Waals surface area contributed by atoms with Crippen molar-refractivity contribution in [2.75, 3.05) is 11.9 Å². The standard InChI is InChI=1S/C17H19FN2O3S2/c18-14-7-1-2-8-15(14)19-16(21)12-13-6-3-4-10-20(13)25(22,23)17-9-5-11-24-17/h1-2,5,7-9,11,13H,3-4,6,10,12H2,(H,19,21)/t13-/m1/s1. The Morgan fingerprint density at radius 1 is 1.24 bits per heavy atom. The molecular formula is C17H19FN2O3S2. The molecule has 1 aromatic carbocycles. The van der Waals surface area contributed by atoms with Crippen LogP contribution in [-0.4, -0.2) is 31.2 Å². The third-order valence-corrected chi connectivity index (χ3v) is 7.52. The minimum absolute atomic E-state index is 0.0128. The van der Waals surface area contributed by atoms with Crippen LogP contribution in [0.15, 0.2) is 46.0 Å². The molecule has 0 unspecified atom stereocenters. The molecule has 1 atom stereocenters. The molecule has 8 heteroatoms. The van der Waals surface area contributed by atoms with Gasteiger partial charge in [0, 0.05) is 19.0 Å². The first-order valence-corrected chi connectivity index (χ1v) is 10.4. The summed E-state index contributed by atoms with van der Waals surface area (Å²) in [6, 6.07) is 8.78. The number of nitrogens with one attached hydrogen (secondary N) is 1.